The van der Waals surface area contributed by atoms with Crippen molar-refractivity contribution in [2.75, 3.05) is 0 Å². The largest absolute Gasteiger partial charge is 0.416 e. The van der Waals surface area contributed by atoms with Gasteiger partial charge in [0.25, 0.3) is 5.91 Å². The van der Waals surface area contributed by atoms with Crippen LogP contribution in [0.5, 0.6) is 0 Å². The lowest BCUT2D eigenvalue weighted by Crippen LogP contribution is -2.25. The number of carbonyl (C=O) groups excluding carboxylic acids is 1. The maximum atomic E-state index is 12.9. The summed E-state index contributed by atoms with van der Waals surface area (Å²) < 4.78 is 40.5. The molecule has 1 amide bonds. The zero-order chi connectivity index (χ0) is 22.9. The van der Waals surface area contributed by atoms with Gasteiger partial charge in [0.1, 0.15) is 0 Å². The third-order valence-corrected chi connectivity index (χ3v) is 5.27. The van der Waals surface area contributed by atoms with Crippen molar-refractivity contribution in [3.05, 3.63) is 88.9 Å². The average Bonchev–Trinajstić information content (AvgIpc) is 3.12. The van der Waals surface area contributed by atoms with Crippen LogP contribution in [0.25, 0.3) is 16.8 Å². The minimum Gasteiger partial charge on any atom is -0.348 e. The van der Waals surface area contributed by atoms with E-state index in [1.54, 1.807) is 10.6 Å². The van der Waals surface area contributed by atoms with Crippen LogP contribution in [0.3, 0.4) is 0 Å². The van der Waals surface area contributed by atoms with Gasteiger partial charge in [0.15, 0.2) is 5.65 Å². The number of amides is 1. The number of carbonyl (C=O) groups is 1. The first-order valence-corrected chi connectivity index (χ1v) is 10.2. The zero-order valence-corrected chi connectivity index (χ0v) is 17.6. The Kier molecular flexibility index (Phi) is 5.69. The summed E-state index contributed by atoms with van der Waals surface area (Å²) >= 11 is 0. The van der Waals surface area contributed by atoms with Crippen LogP contribution in [0.1, 0.15) is 39.8 Å². The molecule has 32 heavy (non-hydrogen) atoms. The van der Waals surface area contributed by atoms with Crippen LogP contribution >= 0.6 is 0 Å². The van der Waals surface area contributed by atoms with Gasteiger partial charge in [-0.15, -0.1) is 0 Å². The van der Waals surface area contributed by atoms with Gasteiger partial charge in [-0.2, -0.15) is 18.3 Å². The Labute approximate surface area is 182 Å². The number of aromatic nitrogens is 3. The van der Waals surface area contributed by atoms with Crippen molar-refractivity contribution in [1.29, 1.82) is 0 Å². The summed E-state index contributed by atoms with van der Waals surface area (Å²) in [6.45, 7) is 3.78. The highest BCUT2D eigenvalue weighted by atomic mass is 19.4. The van der Waals surface area contributed by atoms with E-state index in [0.717, 1.165) is 29.0 Å². The molecule has 8 heteroatoms. The molecule has 4 aromatic rings. The van der Waals surface area contributed by atoms with E-state index in [9.17, 15) is 18.0 Å². The molecule has 0 saturated heterocycles. The molecule has 0 aliphatic carbocycles. The van der Waals surface area contributed by atoms with Crippen LogP contribution < -0.4 is 5.32 Å². The summed E-state index contributed by atoms with van der Waals surface area (Å²) in [4.78, 5) is 17.4. The summed E-state index contributed by atoms with van der Waals surface area (Å²) in [5.41, 5.74) is 3.96. The molecule has 1 N–H and O–H groups in total. The van der Waals surface area contributed by atoms with Crippen molar-refractivity contribution in [2.24, 2.45) is 0 Å². The molecule has 2 aromatic carbocycles. The summed E-state index contributed by atoms with van der Waals surface area (Å²) in [6, 6.07) is 14.7. The summed E-state index contributed by atoms with van der Waals surface area (Å²) in [5.74, 6) is -0.414. The van der Waals surface area contributed by atoms with Crippen molar-refractivity contribution < 1.29 is 18.0 Å². The van der Waals surface area contributed by atoms with E-state index >= 15 is 0 Å². The van der Waals surface area contributed by atoms with Crippen LogP contribution in [0.2, 0.25) is 0 Å². The van der Waals surface area contributed by atoms with E-state index in [4.69, 9.17) is 0 Å². The molecule has 0 fully saturated rings. The van der Waals surface area contributed by atoms with Crippen LogP contribution in [0, 0.1) is 6.92 Å². The molecule has 0 aliphatic heterocycles. The predicted molar refractivity (Wildman–Crippen MR) is 115 cm³/mol. The highest BCUT2D eigenvalue weighted by Gasteiger charge is 2.30. The van der Waals surface area contributed by atoms with Crippen molar-refractivity contribution in [2.45, 2.75) is 33.0 Å². The molecular weight excluding hydrogens is 417 g/mol. The van der Waals surface area contributed by atoms with Gasteiger partial charge in [-0.05, 0) is 36.6 Å². The number of alkyl halides is 3. The summed E-state index contributed by atoms with van der Waals surface area (Å²) in [7, 11) is 0. The first kappa shape index (κ1) is 21.5. The Bertz CT molecular complexity index is 1280. The fourth-order valence-electron chi connectivity index (χ4n) is 3.74. The molecule has 5 nitrogen and oxygen atoms in total. The van der Waals surface area contributed by atoms with Crippen LogP contribution in [0.4, 0.5) is 13.2 Å². The van der Waals surface area contributed by atoms with E-state index in [1.807, 2.05) is 44.2 Å². The molecule has 0 saturated carbocycles. The number of hydrogen-bond acceptors (Lipinski definition) is 3. The Morgan fingerprint density at radius 1 is 1.09 bits per heavy atom. The molecule has 4 rings (SSSR count). The van der Waals surface area contributed by atoms with Gasteiger partial charge in [0.2, 0.25) is 0 Å². The lowest BCUT2D eigenvalue weighted by Gasteiger charge is -2.12. The third-order valence-electron chi connectivity index (χ3n) is 5.27. The monoisotopic (exact) mass is 438 g/mol. The number of fused-ring (bicyclic) bond motifs is 1. The fourth-order valence-corrected chi connectivity index (χ4v) is 3.74. The smallest absolute Gasteiger partial charge is 0.348 e. The first-order chi connectivity index (χ1) is 15.3. The summed E-state index contributed by atoms with van der Waals surface area (Å²) in [5, 5.41) is 7.31. The number of rotatable bonds is 5. The van der Waals surface area contributed by atoms with E-state index in [2.05, 4.69) is 15.4 Å². The second-order valence-electron chi connectivity index (χ2n) is 7.41. The fraction of sp³-hybridized carbons (Fsp3) is 0.208. The Morgan fingerprint density at radius 2 is 1.84 bits per heavy atom. The Morgan fingerprint density at radius 3 is 2.53 bits per heavy atom. The minimum absolute atomic E-state index is 0.0304. The van der Waals surface area contributed by atoms with Gasteiger partial charge < -0.3 is 5.32 Å². The van der Waals surface area contributed by atoms with Gasteiger partial charge in [0, 0.05) is 18.3 Å². The van der Waals surface area contributed by atoms with E-state index in [-0.39, 0.29) is 6.54 Å². The van der Waals surface area contributed by atoms with Crippen LogP contribution in [-0.2, 0) is 19.1 Å². The molecule has 0 unspecified atom stereocenters. The maximum absolute atomic E-state index is 12.9. The molecule has 0 atom stereocenters. The summed E-state index contributed by atoms with van der Waals surface area (Å²) in [6.07, 6.45) is -2.40. The molecule has 0 radical (unpaired) electrons. The molecule has 2 aromatic heterocycles. The normalized spacial score (nSPS) is 11.7. The number of benzene rings is 2. The number of nitrogens with zero attached hydrogens (tertiary/aromatic N) is 3. The molecule has 0 bridgehead atoms. The van der Waals surface area contributed by atoms with Crippen molar-refractivity contribution in [1.82, 2.24) is 19.9 Å². The zero-order valence-electron chi connectivity index (χ0n) is 17.6. The number of halogens is 3. The van der Waals surface area contributed by atoms with Gasteiger partial charge >= 0.3 is 6.18 Å². The molecule has 164 valence electrons. The van der Waals surface area contributed by atoms with Gasteiger partial charge in [-0.1, -0.05) is 49.4 Å². The molecular formula is C24H21F3N4O. The van der Waals surface area contributed by atoms with Crippen LogP contribution in [-0.4, -0.2) is 20.5 Å². The second kappa shape index (κ2) is 8.45. The maximum Gasteiger partial charge on any atom is 0.416 e. The van der Waals surface area contributed by atoms with E-state index in [1.165, 1.54) is 12.3 Å². The lowest BCUT2D eigenvalue weighted by atomic mass is 10.1. The topological polar surface area (TPSA) is 59.3 Å². The van der Waals surface area contributed by atoms with E-state index < -0.39 is 17.6 Å². The van der Waals surface area contributed by atoms with Crippen molar-refractivity contribution >= 4 is 11.6 Å². The number of nitrogens with one attached hydrogen (secondary N) is 1. The van der Waals surface area contributed by atoms with Gasteiger partial charge in [0.05, 0.1) is 22.5 Å². The highest BCUT2D eigenvalue weighted by Crippen LogP contribution is 2.30. The van der Waals surface area contributed by atoms with E-state index in [0.29, 0.717) is 28.9 Å². The quantitative estimate of drug-likeness (QED) is 0.465. The second-order valence-corrected chi connectivity index (χ2v) is 7.41. The minimum atomic E-state index is -4.43. The van der Waals surface area contributed by atoms with Crippen molar-refractivity contribution in [3.63, 3.8) is 0 Å². The lowest BCUT2D eigenvalue weighted by molar-refractivity contribution is -0.137. The standard InChI is InChI=1S/C24H21F3N4O/c1-3-20-19(23(32)29-13-16-8-7-11-18(12-16)24(25,26)27)14-28-22-21(15(2)30-31(20)22)17-9-5-4-6-10-17/h4-12,14H,3,13H2,1-2H3,(H,29,32). The molecule has 0 aliphatic rings. The Balaban J connectivity index is 1.64. The van der Waals surface area contributed by atoms with Crippen molar-refractivity contribution in [3.8, 4) is 11.1 Å². The third kappa shape index (κ3) is 4.08. The number of hydrogen-bond donors (Lipinski definition) is 1. The predicted octanol–water partition coefficient (Wildman–Crippen LogP) is 5.22. The molecule has 0 spiro atoms. The van der Waals surface area contributed by atoms with Gasteiger partial charge in [-0.3, -0.25) is 4.79 Å². The number of aryl methyl sites for hydroxylation is 2. The average molecular weight is 438 g/mol. The SMILES string of the molecule is CCc1c(C(=O)NCc2cccc(C(F)(F)F)c2)cnc2c(-c3ccccc3)c(C)nn12. The first-order valence-electron chi connectivity index (χ1n) is 10.2. The molecule has 2 heterocycles. The Hall–Kier alpha value is -3.68. The highest BCUT2D eigenvalue weighted by molar-refractivity contribution is 5.95. The van der Waals surface area contributed by atoms with Crippen LogP contribution in [0.15, 0.2) is 60.8 Å². The van der Waals surface area contributed by atoms with Gasteiger partial charge in [-0.25, -0.2) is 9.50 Å².